The lowest BCUT2D eigenvalue weighted by Crippen LogP contribution is -2.32. The van der Waals surface area contributed by atoms with Crippen LogP contribution >= 0.6 is 11.8 Å². The molecule has 20 heavy (non-hydrogen) atoms. The van der Waals surface area contributed by atoms with Gasteiger partial charge in [-0.25, -0.2) is 0 Å². The Bertz CT molecular complexity index is 457. The van der Waals surface area contributed by atoms with Gasteiger partial charge in [0.05, 0.1) is 11.7 Å². The summed E-state index contributed by atoms with van der Waals surface area (Å²) in [6.45, 7) is 6.01. The zero-order valence-electron chi connectivity index (χ0n) is 12.1. The Morgan fingerprint density at radius 2 is 1.80 bits per heavy atom. The maximum absolute atomic E-state index is 11.6. The van der Waals surface area contributed by atoms with Crippen LogP contribution in [-0.4, -0.2) is 29.3 Å². The number of carbonyl (C=O) groups excluding carboxylic acids is 1. The summed E-state index contributed by atoms with van der Waals surface area (Å²) in [5.74, 6) is -0.810. The van der Waals surface area contributed by atoms with Crippen LogP contribution in [0.25, 0.3) is 0 Å². The summed E-state index contributed by atoms with van der Waals surface area (Å²) in [5.41, 5.74) is 1.27. The largest absolute Gasteiger partial charge is 0.481 e. The van der Waals surface area contributed by atoms with E-state index in [1.165, 1.54) is 17.3 Å². The Hall–Kier alpha value is -1.49. The van der Waals surface area contributed by atoms with Crippen LogP contribution in [0.15, 0.2) is 29.2 Å². The van der Waals surface area contributed by atoms with E-state index in [0.717, 1.165) is 4.90 Å². The molecule has 5 heteroatoms. The number of aliphatic carboxylic acids is 1. The zero-order valence-corrected chi connectivity index (χ0v) is 12.9. The first-order valence-electron chi connectivity index (χ1n) is 6.62. The molecule has 1 aromatic rings. The van der Waals surface area contributed by atoms with Crippen LogP contribution < -0.4 is 5.32 Å². The molecule has 110 valence electrons. The summed E-state index contributed by atoms with van der Waals surface area (Å²) in [7, 11) is 0. The zero-order chi connectivity index (χ0) is 15.1. The minimum Gasteiger partial charge on any atom is -0.481 e. The second-order valence-electron chi connectivity index (χ2n) is 5.06. The van der Waals surface area contributed by atoms with Crippen molar-refractivity contribution >= 4 is 23.6 Å². The molecule has 0 aliphatic carbocycles. The van der Waals surface area contributed by atoms with E-state index < -0.39 is 11.9 Å². The van der Waals surface area contributed by atoms with Gasteiger partial charge in [0.1, 0.15) is 0 Å². The van der Waals surface area contributed by atoms with Crippen LogP contribution in [0.3, 0.4) is 0 Å². The summed E-state index contributed by atoms with van der Waals surface area (Å²) in [4.78, 5) is 23.3. The molecule has 0 spiro atoms. The van der Waals surface area contributed by atoms with Crippen molar-refractivity contribution in [2.24, 2.45) is 5.92 Å². The highest BCUT2D eigenvalue weighted by Crippen LogP contribution is 2.21. The molecule has 0 aliphatic heterocycles. The average Bonchev–Trinajstić information content (AvgIpc) is 2.42. The van der Waals surface area contributed by atoms with Crippen molar-refractivity contribution < 1.29 is 14.7 Å². The van der Waals surface area contributed by atoms with Crippen LogP contribution in [0.4, 0.5) is 0 Å². The fourth-order valence-corrected chi connectivity index (χ4v) is 2.23. The molecule has 0 bridgehead atoms. The highest BCUT2D eigenvalue weighted by molar-refractivity contribution is 8.00. The van der Waals surface area contributed by atoms with Gasteiger partial charge < -0.3 is 10.4 Å². The molecule has 0 fully saturated rings. The van der Waals surface area contributed by atoms with E-state index in [1.807, 2.05) is 12.1 Å². The summed E-state index contributed by atoms with van der Waals surface area (Å²) in [5, 5.41) is 11.3. The van der Waals surface area contributed by atoms with Gasteiger partial charge in [-0.05, 0) is 23.6 Å². The number of rotatable bonds is 7. The van der Waals surface area contributed by atoms with Crippen molar-refractivity contribution in [2.75, 3.05) is 12.3 Å². The average molecular weight is 295 g/mol. The summed E-state index contributed by atoms with van der Waals surface area (Å²) in [6, 6.07) is 8.15. The molecule has 0 aliphatic rings. The summed E-state index contributed by atoms with van der Waals surface area (Å²) >= 11 is 1.45. The van der Waals surface area contributed by atoms with Crippen molar-refractivity contribution in [3.8, 4) is 0 Å². The monoisotopic (exact) mass is 295 g/mol. The first-order chi connectivity index (χ1) is 9.40. The number of carbonyl (C=O) groups is 2. The number of carboxylic acids is 1. The molecule has 0 heterocycles. The van der Waals surface area contributed by atoms with Crippen LogP contribution in [0, 0.1) is 5.92 Å². The molecule has 0 saturated heterocycles. The van der Waals surface area contributed by atoms with Crippen molar-refractivity contribution in [2.45, 2.75) is 31.6 Å². The molecule has 1 amide bonds. The van der Waals surface area contributed by atoms with Crippen LogP contribution in [0.5, 0.6) is 0 Å². The lowest BCUT2D eigenvalue weighted by atomic mass is 10.0. The SMILES string of the molecule is CC(CNC(=O)CSc1ccc(C(C)C)cc1)C(=O)O. The first-order valence-corrected chi connectivity index (χ1v) is 7.61. The number of carboxylic acid groups (broad SMARTS) is 1. The smallest absolute Gasteiger partial charge is 0.308 e. The predicted octanol–water partition coefficient (Wildman–Crippen LogP) is 2.74. The molecular weight excluding hydrogens is 274 g/mol. The third-order valence-corrected chi connectivity index (χ3v) is 3.96. The van der Waals surface area contributed by atoms with Crippen molar-refractivity contribution in [3.05, 3.63) is 29.8 Å². The van der Waals surface area contributed by atoms with E-state index in [9.17, 15) is 9.59 Å². The van der Waals surface area contributed by atoms with Crippen molar-refractivity contribution in [1.82, 2.24) is 5.32 Å². The highest BCUT2D eigenvalue weighted by Gasteiger charge is 2.12. The fourth-order valence-electron chi connectivity index (χ4n) is 1.50. The van der Waals surface area contributed by atoms with Gasteiger partial charge in [-0.1, -0.05) is 32.9 Å². The van der Waals surface area contributed by atoms with E-state index in [4.69, 9.17) is 5.11 Å². The second kappa shape index (κ2) is 7.94. The maximum atomic E-state index is 11.6. The van der Waals surface area contributed by atoms with Crippen molar-refractivity contribution in [1.29, 1.82) is 0 Å². The molecule has 2 N–H and O–H groups in total. The van der Waals surface area contributed by atoms with E-state index in [1.54, 1.807) is 6.92 Å². The van der Waals surface area contributed by atoms with E-state index in [2.05, 4.69) is 31.3 Å². The number of amides is 1. The normalized spacial score (nSPS) is 12.2. The predicted molar refractivity (Wildman–Crippen MR) is 81.1 cm³/mol. The Morgan fingerprint density at radius 3 is 2.30 bits per heavy atom. The van der Waals surface area contributed by atoms with E-state index >= 15 is 0 Å². The topological polar surface area (TPSA) is 66.4 Å². The van der Waals surface area contributed by atoms with Gasteiger partial charge in [-0.3, -0.25) is 9.59 Å². The van der Waals surface area contributed by atoms with Crippen LogP contribution in [0.1, 0.15) is 32.3 Å². The Morgan fingerprint density at radius 1 is 1.20 bits per heavy atom. The number of hydrogen-bond acceptors (Lipinski definition) is 3. The molecule has 1 aromatic carbocycles. The van der Waals surface area contributed by atoms with E-state index in [0.29, 0.717) is 11.7 Å². The standard InChI is InChI=1S/C15H21NO3S/c1-10(2)12-4-6-13(7-5-12)20-9-14(17)16-8-11(3)15(18)19/h4-7,10-11H,8-9H2,1-3H3,(H,16,17)(H,18,19). The Labute approximate surface area is 124 Å². The number of benzene rings is 1. The third kappa shape index (κ3) is 5.65. The van der Waals surface area contributed by atoms with Gasteiger partial charge in [0.15, 0.2) is 0 Å². The molecule has 1 atom stereocenters. The lowest BCUT2D eigenvalue weighted by Gasteiger charge is -2.09. The van der Waals surface area contributed by atoms with Gasteiger partial charge in [0.2, 0.25) is 5.91 Å². The lowest BCUT2D eigenvalue weighted by molar-refractivity contribution is -0.141. The van der Waals surface area contributed by atoms with Gasteiger partial charge in [-0.2, -0.15) is 0 Å². The van der Waals surface area contributed by atoms with Gasteiger partial charge in [-0.15, -0.1) is 11.8 Å². The Kier molecular flexibility index (Phi) is 6.58. The molecule has 1 unspecified atom stereocenters. The van der Waals surface area contributed by atoms with Gasteiger partial charge >= 0.3 is 5.97 Å². The molecule has 0 radical (unpaired) electrons. The van der Waals surface area contributed by atoms with Gasteiger partial charge in [0.25, 0.3) is 0 Å². The molecule has 0 aromatic heterocycles. The molecule has 1 rings (SSSR count). The van der Waals surface area contributed by atoms with E-state index in [-0.39, 0.29) is 12.5 Å². The summed E-state index contributed by atoms with van der Waals surface area (Å²) in [6.07, 6.45) is 0. The van der Waals surface area contributed by atoms with Crippen LogP contribution in [0.2, 0.25) is 0 Å². The summed E-state index contributed by atoms with van der Waals surface area (Å²) < 4.78 is 0. The van der Waals surface area contributed by atoms with Crippen LogP contribution in [-0.2, 0) is 9.59 Å². The molecule has 0 saturated carbocycles. The number of hydrogen-bond donors (Lipinski definition) is 2. The first kappa shape index (κ1) is 16.6. The highest BCUT2D eigenvalue weighted by atomic mass is 32.2. The maximum Gasteiger partial charge on any atom is 0.308 e. The number of nitrogens with one attached hydrogen (secondary N) is 1. The third-order valence-electron chi connectivity index (χ3n) is 2.94. The van der Waals surface area contributed by atoms with Crippen molar-refractivity contribution in [3.63, 3.8) is 0 Å². The minimum absolute atomic E-state index is 0.143. The minimum atomic E-state index is -0.901. The van der Waals surface area contributed by atoms with Gasteiger partial charge in [0, 0.05) is 11.4 Å². The molecule has 4 nitrogen and oxygen atoms in total. The fraction of sp³-hybridized carbons (Fsp3) is 0.467. The number of thioether (sulfide) groups is 1. The quantitative estimate of drug-likeness (QED) is 0.759. The second-order valence-corrected chi connectivity index (χ2v) is 6.10. The molecular formula is C15H21NO3S. The Balaban J connectivity index is 2.35.